The summed E-state index contributed by atoms with van der Waals surface area (Å²) in [6, 6.07) is 21.9. The van der Waals surface area contributed by atoms with Gasteiger partial charge in [-0.1, -0.05) is 30.3 Å². The summed E-state index contributed by atoms with van der Waals surface area (Å²) in [7, 11) is -0.895. The summed E-state index contributed by atoms with van der Waals surface area (Å²) in [5, 5.41) is 3.91. The van der Waals surface area contributed by atoms with Crippen molar-refractivity contribution in [2.24, 2.45) is 0 Å². The first-order valence-corrected chi connectivity index (χ1v) is 13.5. The van der Waals surface area contributed by atoms with Crippen molar-refractivity contribution < 1.29 is 32.3 Å². The van der Waals surface area contributed by atoms with Crippen molar-refractivity contribution in [3.05, 3.63) is 102 Å². The zero-order chi connectivity index (χ0) is 28.6. The Hall–Kier alpha value is -4.87. The van der Waals surface area contributed by atoms with Crippen molar-refractivity contribution in [2.75, 3.05) is 30.9 Å². The lowest BCUT2D eigenvalue weighted by molar-refractivity contribution is -0.119. The van der Waals surface area contributed by atoms with Gasteiger partial charge in [0.05, 0.1) is 16.1 Å². The van der Waals surface area contributed by atoms with E-state index < -0.39 is 40.3 Å². The van der Waals surface area contributed by atoms with E-state index >= 15 is 0 Å². The summed E-state index contributed by atoms with van der Waals surface area (Å²) >= 11 is 0. The molecule has 0 radical (unpaired) electrons. The Bertz CT molecular complexity index is 1750. The molecule has 3 amide bonds. The molecule has 0 saturated carbocycles. The standard InChI is InChI=1S/C29H23N3O7S/c1-31(2)40(37,38)22-9-5-8-20(16-22)30-25(33)17-39-29(36)19-12-14-21(15-13-19)32-27(34)23-10-3-6-18-7-4-11-24(26(18)23)28(32)35/h3-16H,17H2,1-2H3,(H,30,33). The van der Waals surface area contributed by atoms with Crippen LogP contribution in [0.15, 0.2) is 89.8 Å². The van der Waals surface area contributed by atoms with Crippen molar-refractivity contribution in [1.82, 2.24) is 4.31 Å². The van der Waals surface area contributed by atoms with Crippen LogP contribution in [0.2, 0.25) is 0 Å². The molecular formula is C29H23N3O7S. The first-order valence-electron chi connectivity index (χ1n) is 12.1. The number of hydrogen-bond donors (Lipinski definition) is 1. The molecule has 0 aromatic heterocycles. The molecule has 1 aliphatic rings. The van der Waals surface area contributed by atoms with Gasteiger partial charge in [-0.05, 0) is 60.0 Å². The van der Waals surface area contributed by atoms with Crippen LogP contribution in [0.3, 0.4) is 0 Å². The highest BCUT2D eigenvalue weighted by Crippen LogP contribution is 2.32. The Morgan fingerprint density at radius 1 is 0.850 bits per heavy atom. The molecule has 0 bridgehead atoms. The van der Waals surface area contributed by atoms with Gasteiger partial charge in [0.15, 0.2) is 6.61 Å². The van der Waals surface area contributed by atoms with Gasteiger partial charge in [-0.25, -0.2) is 22.4 Å². The molecule has 0 fully saturated rings. The summed E-state index contributed by atoms with van der Waals surface area (Å²) in [6.07, 6.45) is 0. The summed E-state index contributed by atoms with van der Waals surface area (Å²) in [4.78, 5) is 52.3. The maximum absolute atomic E-state index is 13.2. The largest absolute Gasteiger partial charge is 0.452 e. The van der Waals surface area contributed by atoms with Crippen LogP contribution in [0, 0.1) is 0 Å². The second-order valence-corrected chi connectivity index (χ2v) is 11.3. The van der Waals surface area contributed by atoms with E-state index in [2.05, 4.69) is 5.32 Å². The number of ether oxygens (including phenoxy) is 1. The van der Waals surface area contributed by atoms with Crippen LogP contribution in [-0.2, 0) is 19.6 Å². The molecule has 4 aromatic carbocycles. The van der Waals surface area contributed by atoms with E-state index in [1.165, 1.54) is 62.6 Å². The van der Waals surface area contributed by atoms with Crippen molar-refractivity contribution in [3.63, 3.8) is 0 Å². The van der Waals surface area contributed by atoms with E-state index in [-0.39, 0.29) is 21.8 Å². The van der Waals surface area contributed by atoms with Crippen LogP contribution in [0.25, 0.3) is 10.8 Å². The fraction of sp³-hybridized carbons (Fsp3) is 0.103. The zero-order valence-electron chi connectivity index (χ0n) is 21.5. The molecule has 1 aliphatic heterocycles. The van der Waals surface area contributed by atoms with Crippen molar-refractivity contribution >= 4 is 55.9 Å². The minimum Gasteiger partial charge on any atom is -0.452 e. The average molecular weight is 558 g/mol. The first kappa shape index (κ1) is 26.7. The molecular weight excluding hydrogens is 534 g/mol. The van der Waals surface area contributed by atoms with Gasteiger partial charge in [0.2, 0.25) is 10.0 Å². The van der Waals surface area contributed by atoms with Gasteiger partial charge in [0.1, 0.15) is 0 Å². The number of amides is 3. The fourth-order valence-electron chi connectivity index (χ4n) is 4.37. The van der Waals surface area contributed by atoms with Crippen LogP contribution >= 0.6 is 0 Å². The predicted molar refractivity (Wildman–Crippen MR) is 148 cm³/mol. The maximum Gasteiger partial charge on any atom is 0.338 e. The van der Waals surface area contributed by atoms with Crippen molar-refractivity contribution in [1.29, 1.82) is 0 Å². The number of nitrogens with one attached hydrogen (secondary N) is 1. The third-order valence-corrected chi connectivity index (χ3v) is 8.17. The van der Waals surface area contributed by atoms with Gasteiger partial charge >= 0.3 is 5.97 Å². The van der Waals surface area contributed by atoms with E-state index in [1.54, 1.807) is 24.3 Å². The second kappa shape index (κ2) is 10.4. The van der Waals surface area contributed by atoms with Crippen molar-refractivity contribution in [3.8, 4) is 0 Å². The van der Waals surface area contributed by atoms with Crippen LogP contribution in [0.1, 0.15) is 31.1 Å². The minimum atomic E-state index is -3.69. The number of rotatable bonds is 7. The number of esters is 1. The maximum atomic E-state index is 13.2. The van der Waals surface area contributed by atoms with Crippen LogP contribution in [0.5, 0.6) is 0 Å². The summed E-state index contributed by atoms with van der Waals surface area (Å²) < 4.78 is 30.7. The molecule has 0 atom stereocenters. The average Bonchev–Trinajstić information content (AvgIpc) is 2.95. The topological polar surface area (TPSA) is 130 Å². The highest BCUT2D eigenvalue weighted by molar-refractivity contribution is 7.89. The summed E-state index contributed by atoms with van der Waals surface area (Å²) in [5.74, 6) is -2.40. The number of sulfonamides is 1. The molecule has 1 heterocycles. The van der Waals surface area contributed by atoms with Crippen LogP contribution in [0.4, 0.5) is 11.4 Å². The van der Waals surface area contributed by atoms with Gasteiger partial charge in [-0.15, -0.1) is 0 Å². The van der Waals surface area contributed by atoms with E-state index in [0.717, 1.165) is 14.6 Å². The molecule has 40 heavy (non-hydrogen) atoms. The van der Waals surface area contributed by atoms with Gasteiger partial charge < -0.3 is 10.1 Å². The quantitative estimate of drug-likeness (QED) is 0.271. The number of anilines is 2. The lowest BCUT2D eigenvalue weighted by Crippen LogP contribution is -2.40. The molecule has 0 aliphatic carbocycles. The smallest absolute Gasteiger partial charge is 0.338 e. The van der Waals surface area contributed by atoms with E-state index in [9.17, 15) is 27.6 Å². The lowest BCUT2D eigenvalue weighted by atomic mass is 9.94. The molecule has 0 spiro atoms. The molecule has 202 valence electrons. The molecule has 0 unspecified atom stereocenters. The minimum absolute atomic E-state index is 0.00164. The van der Waals surface area contributed by atoms with Gasteiger partial charge in [-0.2, -0.15) is 0 Å². The molecule has 4 aromatic rings. The van der Waals surface area contributed by atoms with Crippen molar-refractivity contribution in [2.45, 2.75) is 4.90 Å². The Morgan fingerprint density at radius 3 is 2.05 bits per heavy atom. The normalized spacial score (nSPS) is 13.0. The van der Waals surface area contributed by atoms with Crippen LogP contribution < -0.4 is 10.2 Å². The van der Waals surface area contributed by atoms with E-state index in [0.29, 0.717) is 16.5 Å². The fourth-order valence-corrected chi connectivity index (χ4v) is 5.32. The predicted octanol–water partition coefficient (Wildman–Crippen LogP) is 3.69. The highest BCUT2D eigenvalue weighted by Gasteiger charge is 2.33. The number of imide groups is 1. The Kier molecular flexibility index (Phi) is 6.92. The number of benzene rings is 4. The summed E-state index contributed by atoms with van der Waals surface area (Å²) in [6.45, 7) is -0.616. The van der Waals surface area contributed by atoms with Crippen LogP contribution in [-0.4, -0.2) is 57.1 Å². The first-order chi connectivity index (χ1) is 19.1. The number of carbonyl (C=O) groups is 4. The number of nitrogens with zero attached hydrogens (tertiary/aromatic N) is 2. The molecule has 5 rings (SSSR count). The molecule has 11 heteroatoms. The van der Waals surface area contributed by atoms with E-state index in [1.807, 2.05) is 12.1 Å². The SMILES string of the molecule is CN(C)S(=O)(=O)c1cccc(NC(=O)COC(=O)c2ccc(N3C(=O)c4cccc5cccc(c45)C3=O)cc2)c1. The molecule has 10 nitrogen and oxygen atoms in total. The van der Waals surface area contributed by atoms with Gasteiger partial charge in [0.25, 0.3) is 17.7 Å². The monoisotopic (exact) mass is 557 g/mol. The zero-order valence-corrected chi connectivity index (χ0v) is 22.3. The summed E-state index contributed by atoms with van der Waals surface area (Å²) in [5.41, 5.74) is 1.43. The third kappa shape index (κ3) is 4.83. The number of hydrogen-bond acceptors (Lipinski definition) is 7. The van der Waals surface area contributed by atoms with Gasteiger partial charge in [-0.3, -0.25) is 14.4 Å². The van der Waals surface area contributed by atoms with E-state index in [4.69, 9.17) is 4.74 Å². The molecule has 1 N–H and O–H groups in total. The van der Waals surface area contributed by atoms with Gasteiger partial charge in [0, 0.05) is 36.3 Å². The lowest BCUT2D eigenvalue weighted by Gasteiger charge is -2.27. The number of carbonyl (C=O) groups excluding carboxylic acids is 4. The Labute approximate surface area is 229 Å². The second-order valence-electron chi connectivity index (χ2n) is 9.14. The third-order valence-electron chi connectivity index (χ3n) is 6.36. The molecule has 0 saturated heterocycles. The Morgan fingerprint density at radius 2 is 1.45 bits per heavy atom. The highest BCUT2D eigenvalue weighted by atomic mass is 32.2. The Balaban J connectivity index is 1.25.